The Hall–Kier alpha value is -7.73. The van der Waals surface area contributed by atoms with Crippen molar-refractivity contribution in [3.8, 4) is 0 Å². The number of hydrogen-bond acceptors (Lipinski definition) is 4. The van der Waals surface area contributed by atoms with Crippen LogP contribution in [0.2, 0.25) is 52.4 Å². The highest BCUT2D eigenvalue weighted by molar-refractivity contribution is 6.95. The highest BCUT2D eigenvalue weighted by Gasteiger charge is 2.23. The van der Waals surface area contributed by atoms with Crippen LogP contribution in [0.4, 0.5) is 22.7 Å². The summed E-state index contributed by atoms with van der Waals surface area (Å²) in [6, 6.07) is 72.3. The van der Waals surface area contributed by atoms with Gasteiger partial charge in [-0.05, 0) is 99.5 Å². The normalized spacial score (nSPS) is 12.7. The second-order valence-corrected chi connectivity index (χ2v) is 43.1. The molecule has 0 fully saturated rings. The molecule has 8 aromatic rings. The average Bonchev–Trinajstić information content (AvgIpc) is 3.71. The van der Waals surface area contributed by atoms with Gasteiger partial charge in [0.15, 0.2) is 0 Å². The number of hydrogen-bond donors (Lipinski definition) is 0. The lowest BCUT2D eigenvalue weighted by molar-refractivity contribution is 0.763. The lowest BCUT2D eigenvalue weighted by Crippen LogP contribution is -2.39. The molecule has 0 aliphatic heterocycles. The van der Waals surface area contributed by atoms with E-state index < -0.39 is 32.3 Å². The Bertz CT molecular complexity index is 3340. The summed E-state index contributed by atoms with van der Waals surface area (Å²) in [5.41, 5.74) is 24.6. The lowest BCUT2D eigenvalue weighted by Gasteiger charge is -2.23. The molecular weight excluding hydrogens is 1090 g/mol. The van der Waals surface area contributed by atoms with Gasteiger partial charge in [0, 0.05) is 78.1 Å². The fourth-order valence-corrected chi connectivity index (χ4v) is 17.6. The van der Waals surface area contributed by atoms with Crippen molar-refractivity contribution in [1.82, 2.24) is 0 Å². The Morgan fingerprint density at radius 1 is 0.235 bits per heavy atom. The Labute approximate surface area is 516 Å². The van der Waals surface area contributed by atoms with Crippen LogP contribution in [0.15, 0.2) is 217 Å². The van der Waals surface area contributed by atoms with Gasteiger partial charge < -0.3 is 19.6 Å². The van der Waals surface area contributed by atoms with E-state index in [4.69, 9.17) is 0 Å². The second kappa shape index (κ2) is 28.4. The van der Waals surface area contributed by atoms with E-state index in [-0.39, 0.29) is 0 Å². The Kier molecular flexibility index (Phi) is 21.2. The van der Waals surface area contributed by atoms with Gasteiger partial charge in [0.2, 0.25) is 0 Å². The van der Waals surface area contributed by atoms with Gasteiger partial charge in [-0.25, -0.2) is 0 Å². The summed E-state index contributed by atoms with van der Waals surface area (Å²) in [6.45, 7) is 21.4. The van der Waals surface area contributed by atoms with Crippen molar-refractivity contribution in [2.24, 2.45) is 0 Å². The van der Waals surface area contributed by atoms with E-state index in [1.165, 1.54) is 88.0 Å². The molecule has 85 heavy (non-hydrogen) atoms. The summed E-state index contributed by atoms with van der Waals surface area (Å²) in [5.74, 6) is 0. The summed E-state index contributed by atoms with van der Waals surface area (Å²) in [7, 11) is 5.66. The van der Waals surface area contributed by atoms with Crippen LogP contribution in [-0.2, 0) is 0 Å². The van der Waals surface area contributed by atoms with Gasteiger partial charge in [-0.1, -0.05) is 290 Å². The third-order valence-electron chi connectivity index (χ3n) is 16.8. The molecule has 0 bridgehead atoms. The summed E-state index contributed by atoms with van der Waals surface area (Å²) >= 11 is 0. The summed E-state index contributed by atoms with van der Waals surface area (Å²) in [5, 5.41) is 5.74. The third-order valence-corrected chi connectivity index (χ3v) is 28.1. The van der Waals surface area contributed by atoms with Crippen LogP contribution < -0.4 is 40.3 Å². The maximum absolute atomic E-state index is 2.47. The minimum absolute atomic E-state index is 0.987. The molecule has 0 aromatic heterocycles. The van der Waals surface area contributed by atoms with Gasteiger partial charge in [0.05, 0.1) is 0 Å². The first kappa shape index (κ1) is 63.3. The van der Waals surface area contributed by atoms with Gasteiger partial charge in [-0.2, -0.15) is 0 Å². The molecule has 0 heterocycles. The topological polar surface area (TPSA) is 13.0 Å². The zero-order chi connectivity index (χ0) is 60.8. The zero-order valence-corrected chi connectivity index (χ0v) is 57.3. The monoisotopic (exact) mass is 1180 g/mol. The van der Waals surface area contributed by atoms with Crippen LogP contribution in [0.1, 0.15) is 50.9 Å². The van der Waals surface area contributed by atoms with E-state index in [2.05, 4.69) is 380 Å². The Morgan fingerprint density at radius 3 is 0.612 bits per heavy atom. The highest BCUT2D eigenvalue weighted by Crippen LogP contribution is 2.22. The fraction of sp³-hybridized carbons (Fsp3) is 0.221. The molecule has 0 amide bonds. The van der Waals surface area contributed by atoms with Crippen molar-refractivity contribution >= 4 is 124 Å². The smallest absolute Gasteiger partial charge is 0.104 e. The molecule has 0 aliphatic rings. The van der Waals surface area contributed by atoms with E-state index in [0.717, 1.165) is 19.5 Å². The quantitative estimate of drug-likeness (QED) is 0.0441. The van der Waals surface area contributed by atoms with Crippen molar-refractivity contribution < 1.29 is 0 Å². The number of rotatable bonds is 24. The highest BCUT2D eigenvalue weighted by atomic mass is 28.3. The zero-order valence-electron chi connectivity index (χ0n) is 53.3. The van der Waals surface area contributed by atoms with Crippen LogP contribution >= 0.6 is 0 Å². The van der Waals surface area contributed by atoms with Gasteiger partial charge in [-0.15, -0.1) is 0 Å². The molecule has 4 nitrogen and oxygen atoms in total. The predicted octanol–water partition coefficient (Wildman–Crippen LogP) is 16.8. The Morgan fingerprint density at radius 2 is 0.412 bits per heavy atom. The Balaban J connectivity index is 0.748. The van der Waals surface area contributed by atoms with Crippen LogP contribution in [0.5, 0.6) is 0 Å². The van der Waals surface area contributed by atoms with Gasteiger partial charge in [0.25, 0.3) is 0 Å². The summed E-state index contributed by atoms with van der Waals surface area (Å²) < 4.78 is 0. The van der Waals surface area contributed by atoms with Crippen LogP contribution in [0.3, 0.4) is 0 Å². The predicted molar refractivity (Wildman–Crippen MR) is 394 cm³/mol. The largest absolute Gasteiger partial charge is 0.378 e. The molecule has 8 aromatic carbocycles. The molecule has 0 atom stereocenters. The van der Waals surface area contributed by atoms with Crippen molar-refractivity contribution in [1.29, 1.82) is 0 Å². The SMILES string of the molecule is CN(C)c1ccc(/C=C/[Si](C)(C)c2ccc(/C=C/c3ccc([Si](C)(C)/C=C/c4ccc(N(C)CCCN(C)c5ccc(/C=C/[Si](C)(C)c6ccc(/C=C/c7ccc([Si](C)(C)/C=C/c8ccc(N(C)C)cc8)cc7)cc6)cc5)cc4)cc3)cc2)cc1. The molecule has 0 radical (unpaired) electrons. The number of nitrogens with zero attached hydrogens (tertiary/aromatic N) is 4. The molecule has 0 unspecified atom stereocenters. The molecule has 0 saturated carbocycles. The van der Waals surface area contributed by atoms with E-state index in [1.54, 1.807) is 0 Å². The molecule has 0 N–H and O–H groups in total. The fourth-order valence-electron chi connectivity index (χ4n) is 10.3. The van der Waals surface area contributed by atoms with E-state index in [0.29, 0.717) is 0 Å². The molecule has 0 saturated heterocycles. The van der Waals surface area contributed by atoms with E-state index in [9.17, 15) is 0 Å². The van der Waals surface area contributed by atoms with Gasteiger partial charge in [0.1, 0.15) is 32.3 Å². The van der Waals surface area contributed by atoms with Crippen molar-refractivity contribution in [3.05, 3.63) is 261 Å². The van der Waals surface area contributed by atoms with Crippen molar-refractivity contribution in [3.63, 3.8) is 0 Å². The van der Waals surface area contributed by atoms with Crippen LogP contribution in [0, 0.1) is 0 Å². The van der Waals surface area contributed by atoms with Crippen LogP contribution in [0.25, 0.3) is 48.6 Å². The maximum Gasteiger partial charge on any atom is 0.104 e. The lowest BCUT2D eigenvalue weighted by atomic mass is 10.1. The standard InChI is InChI=1S/C77H92N4Si4/c1-78(2)70-36-20-66(21-37-70)52-58-82(7,8)74-44-28-62(29-45-74)16-18-64-32-48-76(49-33-64)84(11,12)60-54-68-24-40-72(41-25-68)80(5)56-15-57-81(6)73-42-26-69(27-43-73)55-61-85(13,14)77-50-34-65(35-51-77)19-17-63-30-46-75(47-31-63)83(9,10)59-53-67-22-38-71(39-23-67)79(3)4/h16-55,58-61H,15,56-57H2,1-14H3/b18-16+,19-17+,58-52+,59-53+,60-54+,61-55+. The first-order valence-corrected chi connectivity index (χ1v) is 42.6. The molecular formula is C77H92N4Si4. The minimum atomic E-state index is -1.80. The average molecular weight is 1190 g/mol. The number of benzene rings is 8. The van der Waals surface area contributed by atoms with Crippen molar-refractivity contribution in [2.45, 2.75) is 58.8 Å². The van der Waals surface area contributed by atoms with E-state index >= 15 is 0 Å². The first-order chi connectivity index (χ1) is 40.5. The molecule has 0 aliphatic carbocycles. The molecule has 8 rings (SSSR count). The summed E-state index contributed by atoms with van der Waals surface area (Å²) in [6.07, 6.45) is 19.2. The van der Waals surface area contributed by atoms with Gasteiger partial charge in [-0.3, -0.25) is 0 Å². The minimum Gasteiger partial charge on any atom is -0.378 e. The molecule has 436 valence electrons. The summed E-state index contributed by atoms with van der Waals surface area (Å²) in [4.78, 5) is 9.02. The molecule has 8 heteroatoms. The number of anilines is 4. The maximum atomic E-state index is 2.47. The van der Waals surface area contributed by atoms with Crippen molar-refractivity contribution in [2.75, 3.05) is 75.0 Å². The second-order valence-electron chi connectivity index (χ2n) is 25.7. The van der Waals surface area contributed by atoms with E-state index in [1.807, 2.05) is 0 Å². The molecule has 0 spiro atoms. The van der Waals surface area contributed by atoms with Crippen LogP contribution in [-0.4, -0.2) is 87.7 Å². The third kappa shape index (κ3) is 18.1. The first-order valence-electron chi connectivity index (χ1n) is 30.2. The van der Waals surface area contributed by atoms with Gasteiger partial charge >= 0.3 is 0 Å².